The molecule has 0 amide bonds. The molecule has 0 bridgehead atoms. The maximum Gasteiger partial charge on any atom is 1.00 e. The molecular weight excluding hydrogens is 671 g/mol. The van der Waals surface area contributed by atoms with Gasteiger partial charge in [0, 0.05) is 29.7 Å². The first-order chi connectivity index (χ1) is 18.1. The summed E-state index contributed by atoms with van der Waals surface area (Å²) < 4.78 is 70.6. The fourth-order valence-electron chi connectivity index (χ4n) is 4.68. The summed E-state index contributed by atoms with van der Waals surface area (Å²) in [5, 5.41) is 1.46. The zero-order valence-corrected chi connectivity index (χ0v) is 29.3. The number of fused-ring (bicyclic) bond motifs is 2. The van der Waals surface area contributed by atoms with E-state index in [-0.39, 0.29) is 71.5 Å². The molecule has 16 heteroatoms. The van der Waals surface area contributed by atoms with Gasteiger partial charge in [-0.3, -0.25) is 4.55 Å². The molecule has 2 heterocycles. The van der Waals surface area contributed by atoms with Crippen molar-refractivity contribution < 1.29 is 77.3 Å². The third-order valence-corrected chi connectivity index (χ3v) is 8.82. The molecular formula is C24H22Cl4KN3O6S2. The van der Waals surface area contributed by atoms with Gasteiger partial charge in [-0.05, 0) is 50.3 Å². The molecule has 40 heavy (non-hydrogen) atoms. The van der Waals surface area contributed by atoms with Gasteiger partial charge in [-0.2, -0.15) is 8.42 Å². The number of nitrogens with zero attached hydrogens (tertiary/aromatic N) is 3. The summed E-state index contributed by atoms with van der Waals surface area (Å²) in [5.74, 6) is -1.16. The van der Waals surface area contributed by atoms with Gasteiger partial charge in [0.05, 0.1) is 37.0 Å². The number of rotatable bonds is 8. The molecule has 4 rings (SSSR count). The topological polar surface area (TPSA) is 123 Å². The van der Waals surface area contributed by atoms with Crippen LogP contribution in [0.25, 0.3) is 17.0 Å². The van der Waals surface area contributed by atoms with Crippen molar-refractivity contribution >= 4 is 95.0 Å². The molecule has 0 saturated carbocycles. The van der Waals surface area contributed by atoms with Crippen LogP contribution in [0.3, 0.4) is 0 Å². The second-order valence-corrected chi connectivity index (χ2v) is 13.1. The van der Waals surface area contributed by atoms with Gasteiger partial charge in [0.2, 0.25) is 0 Å². The molecule has 0 radical (unpaired) electrons. The zero-order valence-electron chi connectivity index (χ0n) is 21.5. The molecule has 2 aromatic carbocycles. The van der Waals surface area contributed by atoms with Gasteiger partial charge in [-0.15, -0.1) is 0 Å². The second kappa shape index (κ2) is 13.1. The first kappa shape index (κ1) is 34.2. The summed E-state index contributed by atoms with van der Waals surface area (Å²) in [6.45, 7) is 4.53. The molecule has 1 aliphatic rings. The summed E-state index contributed by atoms with van der Waals surface area (Å²) >= 11 is 24.8. The predicted molar refractivity (Wildman–Crippen MR) is 157 cm³/mol. The minimum atomic E-state index is -4.69. The Balaban J connectivity index is 0.00000441. The minimum absolute atomic E-state index is 0. The molecule has 1 N–H and O–H groups in total. The molecule has 3 aromatic rings. The Morgan fingerprint density at radius 2 is 1.43 bits per heavy atom. The minimum Gasteiger partial charge on any atom is -0.747 e. The molecule has 0 atom stereocenters. The normalized spacial score (nSPS) is 14.9. The van der Waals surface area contributed by atoms with E-state index in [9.17, 15) is 25.9 Å². The quantitative estimate of drug-likeness (QED) is 0.282. The third kappa shape index (κ3) is 7.24. The van der Waals surface area contributed by atoms with Crippen LogP contribution in [0, 0.1) is 0 Å². The first-order valence-electron chi connectivity index (χ1n) is 11.5. The smallest absolute Gasteiger partial charge is 0.747 e. The summed E-state index contributed by atoms with van der Waals surface area (Å²) in [4.78, 5) is 3.09. The molecule has 0 saturated heterocycles. The Bertz CT molecular complexity index is 1760. The Labute approximate surface area is 295 Å². The van der Waals surface area contributed by atoms with Crippen LogP contribution in [0.2, 0.25) is 20.1 Å². The van der Waals surface area contributed by atoms with E-state index in [0.717, 1.165) is 0 Å². The number of allylic oxidation sites excluding steroid dienone is 2. The van der Waals surface area contributed by atoms with Gasteiger partial charge in [-0.1, -0.05) is 52.5 Å². The summed E-state index contributed by atoms with van der Waals surface area (Å²) in [5.41, 5.74) is 2.35. The Morgan fingerprint density at radius 1 is 0.875 bits per heavy atom. The number of benzene rings is 2. The van der Waals surface area contributed by atoms with Crippen molar-refractivity contribution in [1.82, 2.24) is 4.57 Å². The number of hydrogen-bond acceptors (Lipinski definition) is 7. The maximum absolute atomic E-state index is 11.9. The van der Waals surface area contributed by atoms with Crippen LogP contribution in [0.1, 0.15) is 25.1 Å². The van der Waals surface area contributed by atoms with Crippen molar-refractivity contribution in [3.05, 3.63) is 73.6 Å². The van der Waals surface area contributed by atoms with Crippen molar-refractivity contribution in [3.8, 4) is 0 Å². The SMILES string of the molecule is CCN1/C(=C\C=C\c2c(CS(=O)(=O)O)c3cc(Cl)c(Cl)cc3n2CC)N(CS(=O)(=O)[O-])c2cc(Cl)c(Cl)cc21.[K+]. The molecule has 0 spiro atoms. The summed E-state index contributed by atoms with van der Waals surface area (Å²) in [6.07, 6.45) is 4.80. The fraction of sp³-hybridized carbons (Fsp3) is 0.250. The van der Waals surface area contributed by atoms with Crippen molar-refractivity contribution in [3.63, 3.8) is 0 Å². The second-order valence-electron chi connectivity index (χ2n) is 8.62. The van der Waals surface area contributed by atoms with Gasteiger partial charge in [0.15, 0.2) is 0 Å². The number of hydrogen-bond donors (Lipinski definition) is 1. The number of anilines is 2. The average Bonchev–Trinajstić information content (AvgIpc) is 3.23. The number of aromatic nitrogens is 1. The fourth-order valence-corrected chi connectivity index (χ4v) is 6.57. The maximum atomic E-state index is 11.9. The molecule has 0 unspecified atom stereocenters. The average molecular weight is 693 g/mol. The van der Waals surface area contributed by atoms with Crippen LogP contribution >= 0.6 is 46.4 Å². The Morgan fingerprint density at radius 3 is 1.95 bits per heavy atom. The summed E-state index contributed by atoms with van der Waals surface area (Å²) in [7, 11) is -9.11. The molecule has 0 aliphatic carbocycles. The van der Waals surface area contributed by atoms with Crippen LogP contribution in [0.15, 0.2) is 42.2 Å². The van der Waals surface area contributed by atoms with Crippen molar-refractivity contribution in [2.24, 2.45) is 0 Å². The number of aryl methyl sites for hydroxylation is 1. The third-order valence-electron chi connectivity index (χ3n) is 6.15. The van der Waals surface area contributed by atoms with Crippen LogP contribution in [0.5, 0.6) is 0 Å². The molecule has 9 nitrogen and oxygen atoms in total. The van der Waals surface area contributed by atoms with E-state index < -0.39 is 31.9 Å². The van der Waals surface area contributed by atoms with Gasteiger partial charge < -0.3 is 18.9 Å². The van der Waals surface area contributed by atoms with E-state index in [2.05, 4.69) is 0 Å². The van der Waals surface area contributed by atoms with Gasteiger partial charge in [-0.25, -0.2) is 8.42 Å². The van der Waals surface area contributed by atoms with Crippen molar-refractivity contribution in [2.75, 3.05) is 22.2 Å². The molecule has 210 valence electrons. The van der Waals surface area contributed by atoms with E-state index >= 15 is 0 Å². The van der Waals surface area contributed by atoms with E-state index in [0.29, 0.717) is 52.4 Å². The number of halogens is 4. The first-order valence-corrected chi connectivity index (χ1v) is 16.2. The summed E-state index contributed by atoms with van der Waals surface area (Å²) in [6, 6.07) is 6.24. The Hall–Kier alpha value is -0.324. The van der Waals surface area contributed by atoms with E-state index in [4.69, 9.17) is 46.4 Å². The standard InChI is InChI=1S/C24H23Cl4N3O6S2.K/c1-3-29-20(15(12-38(32,33)34)14-8-16(25)17(26)9-21(14)29)6-5-7-24-30(4-2)22-10-18(27)19(28)11-23(22)31(24)13-39(35,36)37;/h5-11H,3-4,12-13H2,1-2H3,(H,32,33,34)(H,35,36,37);/q;+1/p-1/b6-5+,24-7+;. The Kier molecular flexibility index (Phi) is 11.2. The largest absolute Gasteiger partial charge is 1.00 e. The van der Waals surface area contributed by atoms with Crippen molar-refractivity contribution in [1.29, 1.82) is 0 Å². The van der Waals surface area contributed by atoms with Crippen molar-refractivity contribution in [2.45, 2.75) is 26.1 Å². The predicted octanol–water partition coefficient (Wildman–Crippen LogP) is 3.37. The van der Waals surface area contributed by atoms with Gasteiger partial charge in [0.1, 0.15) is 27.6 Å². The van der Waals surface area contributed by atoms with E-state index in [1.807, 2.05) is 18.4 Å². The van der Waals surface area contributed by atoms with E-state index in [1.165, 1.54) is 11.0 Å². The van der Waals surface area contributed by atoms with Crippen LogP contribution in [-0.2, 0) is 32.5 Å². The monoisotopic (exact) mass is 691 g/mol. The molecule has 1 aromatic heterocycles. The van der Waals surface area contributed by atoms with E-state index in [1.54, 1.807) is 41.3 Å². The molecule has 1 aliphatic heterocycles. The van der Waals surface area contributed by atoms with Crippen LogP contribution in [0.4, 0.5) is 11.4 Å². The van der Waals surface area contributed by atoms with Gasteiger partial charge in [0.25, 0.3) is 10.1 Å². The zero-order chi connectivity index (χ0) is 28.9. The van der Waals surface area contributed by atoms with Gasteiger partial charge >= 0.3 is 51.4 Å². The van der Waals surface area contributed by atoms with Crippen LogP contribution < -0.4 is 61.2 Å². The molecule has 0 fully saturated rings. The van der Waals surface area contributed by atoms with Crippen LogP contribution in [-0.4, -0.2) is 42.9 Å².